The van der Waals surface area contributed by atoms with Crippen molar-refractivity contribution >= 4 is 22.9 Å². The second-order valence-electron chi connectivity index (χ2n) is 6.81. The Hall–Kier alpha value is -2.04. The Bertz CT molecular complexity index is 874. The average Bonchev–Trinajstić information content (AvgIpc) is 2.54. The van der Waals surface area contributed by atoms with Gasteiger partial charge in [0.1, 0.15) is 11.6 Å². The van der Waals surface area contributed by atoms with Gasteiger partial charge in [0.15, 0.2) is 0 Å². The largest absolute Gasteiger partial charge is 0.496 e. The monoisotopic (exact) mass is 361 g/mol. The minimum atomic E-state index is -0.380. The molecule has 5 heteroatoms. The van der Waals surface area contributed by atoms with Crippen LogP contribution in [0.2, 0.25) is 5.02 Å². The number of aliphatic hydroxyl groups is 1. The third-order valence-electron chi connectivity index (χ3n) is 4.42. The summed E-state index contributed by atoms with van der Waals surface area (Å²) in [5.74, 6) is 0.0196. The van der Waals surface area contributed by atoms with Gasteiger partial charge in [0.25, 0.3) is 0 Å². The number of benzene rings is 2. The van der Waals surface area contributed by atoms with E-state index in [1.807, 2.05) is 6.92 Å². The van der Waals surface area contributed by atoms with Crippen LogP contribution in [-0.2, 0) is 6.61 Å². The van der Waals surface area contributed by atoms with Gasteiger partial charge in [-0.05, 0) is 55.7 Å². The molecule has 2 aromatic carbocycles. The van der Waals surface area contributed by atoms with Crippen molar-refractivity contribution in [1.29, 1.82) is 0 Å². The molecule has 2 aromatic rings. The van der Waals surface area contributed by atoms with Gasteiger partial charge in [0.05, 0.1) is 30.0 Å². The zero-order valence-electron chi connectivity index (χ0n) is 14.7. The van der Waals surface area contributed by atoms with Crippen LogP contribution < -0.4 is 10.1 Å². The summed E-state index contributed by atoms with van der Waals surface area (Å²) in [6.45, 7) is 5.96. The lowest BCUT2D eigenvalue weighted by Crippen LogP contribution is -2.32. The highest BCUT2D eigenvalue weighted by molar-refractivity contribution is 6.34. The molecule has 2 N–H and O–H groups in total. The number of methoxy groups -OCH3 is 1. The number of hydrogen-bond acceptors (Lipinski definition) is 3. The van der Waals surface area contributed by atoms with Crippen molar-refractivity contribution < 1.29 is 14.2 Å². The lowest BCUT2D eigenvalue weighted by molar-refractivity contribution is 0.282. The fourth-order valence-electron chi connectivity index (χ4n) is 3.51. The highest BCUT2D eigenvalue weighted by Crippen LogP contribution is 2.46. The van der Waals surface area contributed by atoms with Gasteiger partial charge in [0, 0.05) is 17.2 Å². The number of aliphatic hydroxyl groups excluding tert-OH is 1. The summed E-state index contributed by atoms with van der Waals surface area (Å²) in [4.78, 5) is 0. The molecule has 0 unspecified atom stereocenters. The van der Waals surface area contributed by atoms with Crippen LogP contribution in [-0.4, -0.2) is 17.8 Å². The molecule has 0 radical (unpaired) electrons. The van der Waals surface area contributed by atoms with Crippen molar-refractivity contribution in [3.8, 4) is 16.9 Å². The Morgan fingerprint density at radius 1 is 1.24 bits per heavy atom. The molecule has 1 heterocycles. The van der Waals surface area contributed by atoms with Gasteiger partial charge >= 0.3 is 0 Å². The highest BCUT2D eigenvalue weighted by atomic mass is 35.5. The predicted molar refractivity (Wildman–Crippen MR) is 101 cm³/mol. The molecule has 3 rings (SSSR count). The molecular formula is C20H21ClFNO2. The second kappa shape index (κ2) is 6.36. The number of nitrogens with one attached hydrogen (secondary N) is 1. The van der Waals surface area contributed by atoms with Crippen molar-refractivity contribution in [2.45, 2.75) is 32.9 Å². The molecule has 1 aliphatic heterocycles. The molecule has 0 saturated heterocycles. The van der Waals surface area contributed by atoms with E-state index in [1.54, 1.807) is 12.1 Å². The highest BCUT2D eigenvalue weighted by Gasteiger charge is 2.28. The van der Waals surface area contributed by atoms with E-state index in [1.165, 1.54) is 19.2 Å². The molecule has 0 atom stereocenters. The summed E-state index contributed by atoms with van der Waals surface area (Å²) in [5.41, 5.74) is 4.65. The molecule has 0 aromatic heterocycles. The van der Waals surface area contributed by atoms with Gasteiger partial charge in [-0.3, -0.25) is 0 Å². The van der Waals surface area contributed by atoms with E-state index in [-0.39, 0.29) is 18.0 Å². The average molecular weight is 362 g/mol. The summed E-state index contributed by atoms with van der Waals surface area (Å²) in [6.07, 6.45) is 2.11. The first-order valence-corrected chi connectivity index (χ1v) is 8.43. The smallest absolute Gasteiger partial charge is 0.129 e. The summed E-state index contributed by atoms with van der Waals surface area (Å²) in [6, 6.07) is 6.14. The Balaban J connectivity index is 2.32. The Kier molecular flexibility index (Phi) is 4.52. The molecule has 0 saturated carbocycles. The minimum absolute atomic E-state index is 0.164. The maximum atomic E-state index is 13.6. The van der Waals surface area contributed by atoms with Crippen LogP contribution in [0.1, 0.15) is 31.9 Å². The van der Waals surface area contributed by atoms with Crippen molar-refractivity contribution in [2.75, 3.05) is 12.4 Å². The number of rotatable bonds is 3. The van der Waals surface area contributed by atoms with Crippen molar-refractivity contribution in [2.24, 2.45) is 0 Å². The summed E-state index contributed by atoms with van der Waals surface area (Å²) in [7, 11) is 1.49. The van der Waals surface area contributed by atoms with Crippen LogP contribution in [0.4, 0.5) is 10.1 Å². The second-order valence-corrected chi connectivity index (χ2v) is 7.22. The first kappa shape index (κ1) is 17.8. The van der Waals surface area contributed by atoms with Crippen LogP contribution in [0.15, 0.2) is 30.3 Å². The van der Waals surface area contributed by atoms with Gasteiger partial charge in [-0.2, -0.15) is 0 Å². The molecule has 3 nitrogen and oxygen atoms in total. The fraction of sp³-hybridized carbons (Fsp3) is 0.300. The Labute approximate surface area is 152 Å². The van der Waals surface area contributed by atoms with E-state index in [0.717, 1.165) is 28.0 Å². The van der Waals surface area contributed by atoms with E-state index in [0.29, 0.717) is 16.3 Å². The van der Waals surface area contributed by atoms with E-state index in [2.05, 4.69) is 25.2 Å². The molecule has 0 bridgehead atoms. The Morgan fingerprint density at radius 3 is 2.60 bits per heavy atom. The van der Waals surface area contributed by atoms with E-state index in [9.17, 15) is 9.50 Å². The standard InChI is InChI=1S/C20H21ClFNO2/c1-11-9-20(2,3)23-19-16(21)8-14(15(10-24)18(11)19)13-6-5-12(22)7-17(13)25-4/h5-9,23-24H,10H2,1-4H3. The number of allylic oxidation sites excluding steroid dienone is 1. The number of fused-ring (bicyclic) bond motifs is 1. The van der Waals surface area contributed by atoms with E-state index < -0.39 is 0 Å². The topological polar surface area (TPSA) is 41.5 Å². The van der Waals surface area contributed by atoms with E-state index in [4.69, 9.17) is 16.3 Å². The van der Waals surface area contributed by atoms with Crippen LogP contribution in [0.3, 0.4) is 0 Å². The molecule has 0 aliphatic carbocycles. The number of anilines is 1. The lowest BCUT2D eigenvalue weighted by atomic mass is 9.85. The minimum Gasteiger partial charge on any atom is -0.496 e. The maximum absolute atomic E-state index is 13.6. The third kappa shape index (κ3) is 3.12. The zero-order valence-corrected chi connectivity index (χ0v) is 15.5. The number of halogens is 2. The van der Waals surface area contributed by atoms with Gasteiger partial charge in [0.2, 0.25) is 0 Å². The summed E-state index contributed by atoms with van der Waals surface area (Å²) in [5, 5.41) is 14.0. The number of ether oxygens (including phenoxy) is 1. The first-order valence-electron chi connectivity index (χ1n) is 8.05. The zero-order chi connectivity index (χ0) is 18.4. The van der Waals surface area contributed by atoms with Gasteiger partial charge in [-0.15, -0.1) is 0 Å². The normalized spacial score (nSPS) is 15.2. The van der Waals surface area contributed by atoms with Gasteiger partial charge in [-0.25, -0.2) is 4.39 Å². The summed E-state index contributed by atoms with van der Waals surface area (Å²) >= 11 is 6.56. The number of hydrogen-bond donors (Lipinski definition) is 2. The van der Waals surface area contributed by atoms with Crippen molar-refractivity contribution in [1.82, 2.24) is 0 Å². The van der Waals surface area contributed by atoms with Crippen LogP contribution >= 0.6 is 11.6 Å². The molecule has 132 valence electrons. The van der Waals surface area contributed by atoms with Gasteiger partial charge in [-0.1, -0.05) is 17.7 Å². The van der Waals surface area contributed by atoms with E-state index >= 15 is 0 Å². The molecule has 0 amide bonds. The molecule has 25 heavy (non-hydrogen) atoms. The predicted octanol–water partition coefficient (Wildman–Crippen LogP) is 5.25. The van der Waals surface area contributed by atoms with Crippen LogP contribution in [0, 0.1) is 5.82 Å². The third-order valence-corrected chi connectivity index (χ3v) is 4.72. The quantitative estimate of drug-likeness (QED) is 0.784. The first-order chi connectivity index (χ1) is 11.8. The van der Waals surface area contributed by atoms with Gasteiger partial charge < -0.3 is 15.2 Å². The molecular weight excluding hydrogens is 341 g/mol. The SMILES string of the molecule is COc1cc(F)ccc1-c1cc(Cl)c2c(c1CO)C(C)=CC(C)(C)N2. The Morgan fingerprint density at radius 2 is 1.96 bits per heavy atom. The van der Waals surface area contributed by atoms with Crippen molar-refractivity contribution in [3.63, 3.8) is 0 Å². The fourth-order valence-corrected chi connectivity index (χ4v) is 3.76. The molecule has 0 fully saturated rings. The van der Waals surface area contributed by atoms with Crippen LogP contribution in [0.25, 0.3) is 16.7 Å². The van der Waals surface area contributed by atoms with Crippen LogP contribution in [0.5, 0.6) is 5.75 Å². The molecule has 1 aliphatic rings. The molecule has 0 spiro atoms. The summed E-state index contributed by atoms with van der Waals surface area (Å²) < 4.78 is 18.9. The maximum Gasteiger partial charge on any atom is 0.129 e. The lowest BCUT2D eigenvalue weighted by Gasteiger charge is -2.34. The van der Waals surface area contributed by atoms with Crippen molar-refractivity contribution in [3.05, 3.63) is 52.3 Å².